The summed E-state index contributed by atoms with van der Waals surface area (Å²) in [7, 11) is 0. The van der Waals surface area contributed by atoms with Gasteiger partial charge in [-0.15, -0.1) is 11.8 Å². The number of carbonyl (C=O) groups excluding carboxylic acids is 2. The standard InChI is InChI=1S/C15H14ClN3O4S.C6H14N2O2.H2O/c16-8-6-24-14-10(13(21)19(14)11(8)15(22)23)18-12(20)9(17)7-4-2-1-3-5-7;7-4-2-1-3-5(8)6(9)10;/h1-5,9-10,14H,6,17H2,(H,18,20)(H,22,23);5H,1-4,7-8H2,(H,9,10);1H2/t9-,10-,14-;;/m1../s1. The first-order valence-electron chi connectivity index (χ1n) is 10.5. The van der Waals surface area contributed by atoms with Gasteiger partial charge in [-0.05, 0) is 24.9 Å². The summed E-state index contributed by atoms with van der Waals surface area (Å²) < 4.78 is 0. The molecule has 1 saturated heterocycles. The molecule has 1 fully saturated rings. The SMILES string of the molecule is NCCCCC(N)C(=O)O.N[C@@H](C(=O)N[C@@H]1C(=O)N2C(C(=O)O)=C(Cl)CS[C@H]12)c1ccccc1.O. The molecular weight excluding hydrogens is 502 g/mol. The molecule has 4 atom stereocenters. The Kier molecular flexibility index (Phi) is 12.2. The number of benzene rings is 1. The Morgan fingerprint density at radius 2 is 1.80 bits per heavy atom. The maximum Gasteiger partial charge on any atom is 0.353 e. The Hall–Kier alpha value is -2.68. The average molecular weight is 532 g/mol. The van der Waals surface area contributed by atoms with Gasteiger partial charge >= 0.3 is 11.9 Å². The molecule has 1 aromatic carbocycles. The third-order valence-corrected chi connectivity index (χ3v) is 6.90. The van der Waals surface area contributed by atoms with Crippen LogP contribution in [0, 0.1) is 0 Å². The number of carbonyl (C=O) groups is 4. The van der Waals surface area contributed by atoms with Gasteiger partial charge in [-0.1, -0.05) is 48.4 Å². The van der Waals surface area contributed by atoms with Gasteiger partial charge in [0.2, 0.25) is 5.91 Å². The molecule has 2 aliphatic rings. The highest BCUT2D eigenvalue weighted by Crippen LogP contribution is 2.41. The number of halogens is 1. The molecule has 3 rings (SSSR count). The molecule has 12 nitrogen and oxygen atoms in total. The van der Waals surface area contributed by atoms with Crippen molar-refractivity contribution in [2.45, 2.75) is 42.8 Å². The van der Waals surface area contributed by atoms with E-state index in [2.05, 4.69) is 5.32 Å². The minimum absolute atomic E-state index is 0. The molecule has 11 N–H and O–H groups in total. The molecule has 2 amide bonds. The predicted molar refractivity (Wildman–Crippen MR) is 131 cm³/mol. The van der Waals surface area contributed by atoms with Gasteiger partial charge in [0, 0.05) is 5.75 Å². The Balaban J connectivity index is 0.000000477. The van der Waals surface area contributed by atoms with Crippen molar-refractivity contribution in [2.24, 2.45) is 17.2 Å². The van der Waals surface area contributed by atoms with Gasteiger partial charge in [0.05, 0.1) is 5.03 Å². The van der Waals surface area contributed by atoms with Crippen LogP contribution in [0.25, 0.3) is 0 Å². The third-order valence-electron chi connectivity index (χ3n) is 5.15. The van der Waals surface area contributed by atoms with E-state index in [1.807, 2.05) is 6.07 Å². The number of thioether (sulfide) groups is 1. The van der Waals surface area contributed by atoms with Crippen LogP contribution in [0.1, 0.15) is 30.9 Å². The summed E-state index contributed by atoms with van der Waals surface area (Å²) in [5, 5.41) is 19.8. The van der Waals surface area contributed by atoms with E-state index >= 15 is 0 Å². The van der Waals surface area contributed by atoms with Gasteiger partial charge in [-0.3, -0.25) is 19.3 Å². The minimum atomic E-state index is -1.26. The fraction of sp³-hybridized carbons (Fsp3) is 0.429. The van der Waals surface area contributed by atoms with E-state index in [-0.39, 0.29) is 22.0 Å². The third kappa shape index (κ3) is 7.65. The van der Waals surface area contributed by atoms with Gasteiger partial charge < -0.3 is 38.2 Å². The molecule has 0 aromatic heterocycles. The van der Waals surface area contributed by atoms with Crippen LogP contribution >= 0.6 is 23.4 Å². The average Bonchev–Trinajstić information content (AvgIpc) is 2.82. The molecule has 35 heavy (non-hydrogen) atoms. The van der Waals surface area contributed by atoms with Crippen molar-refractivity contribution in [2.75, 3.05) is 12.3 Å². The van der Waals surface area contributed by atoms with E-state index in [9.17, 15) is 24.3 Å². The number of fused-ring (bicyclic) bond motifs is 1. The molecule has 0 spiro atoms. The highest BCUT2D eigenvalue weighted by Gasteiger charge is 2.54. The number of nitrogens with zero attached hydrogens (tertiary/aromatic N) is 1. The van der Waals surface area contributed by atoms with Crippen LogP contribution in [-0.4, -0.2) is 74.1 Å². The first kappa shape index (κ1) is 30.4. The van der Waals surface area contributed by atoms with Crippen LogP contribution < -0.4 is 22.5 Å². The lowest BCUT2D eigenvalue weighted by Gasteiger charge is -2.48. The number of hydrogen-bond acceptors (Lipinski definition) is 8. The smallest absolute Gasteiger partial charge is 0.353 e. The monoisotopic (exact) mass is 531 g/mol. The summed E-state index contributed by atoms with van der Waals surface area (Å²) in [5.41, 5.74) is 16.7. The number of rotatable bonds is 9. The molecule has 2 heterocycles. The quantitative estimate of drug-likeness (QED) is 0.173. The van der Waals surface area contributed by atoms with Crippen molar-refractivity contribution in [3.63, 3.8) is 0 Å². The molecule has 1 aromatic rings. The number of unbranched alkanes of at least 4 members (excludes halogenated alkanes) is 1. The number of amides is 2. The number of nitrogens with one attached hydrogen (secondary N) is 1. The Bertz CT molecular complexity index is 949. The van der Waals surface area contributed by atoms with Crippen molar-refractivity contribution < 1.29 is 34.9 Å². The van der Waals surface area contributed by atoms with Crippen LogP contribution in [0.2, 0.25) is 0 Å². The van der Waals surface area contributed by atoms with Gasteiger partial charge in [-0.25, -0.2) is 4.79 Å². The second-order valence-electron chi connectivity index (χ2n) is 7.57. The van der Waals surface area contributed by atoms with Crippen molar-refractivity contribution >= 4 is 47.1 Å². The zero-order chi connectivity index (χ0) is 25.4. The maximum atomic E-state index is 12.3. The van der Waals surface area contributed by atoms with E-state index in [1.165, 1.54) is 11.8 Å². The lowest BCUT2D eigenvalue weighted by molar-refractivity contribution is -0.150. The molecule has 0 saturated carbocycles. The Morgan fingerprint density at radius 3 is 2.34 bits per heavy atom. The van der Waals surface area contributed by atoms with Crippen molar-refractivity contribution in [3.05, 3.63) is 46.6 Å². The summed E-state index contributed by atoms with van der Waals surface area (Å²) in [6, 6.07) is 6.36. The topological polar surface area (TPSA) is 234 Å². The lowest BCUT2D eigenvalue weighted by Crippen LogP contribution is -2.70. The van der Waals surface area contributed by atoms with Crippen LogP contribution in [0.3, 0.4) is 0 Å². The number of nitrogens with two attached hydrogens (primary N) is 3. The summed E-state index contributed by atoms with van der Waals surface area (Å²) in [6.45, 7) is 0.604. The van der Waals surface area contributed by atoms with Crippen molar-refractivity contribution in [3.8, 4) is 0 Å². The number of aliphatic carboxylic acids is 2. The number of carboxylic acid groups (broad SMARTS) is 2. The molecule has 14 heteroatoms. The summed E-state index contributed by atoms with van der Waals surface area (Å²) >= 11 is 7.20. The molecular formula is C21H30ClN5O7S. The number of hydrogen-bond donors (Lipinski definition) is 6. The molecule has 0 bridgehead atoms. The van der Waals surface area contributed by atoms with Gasteiger partial charge in [0.25, 0.3) is 5.91 Å². The van der Waals surface area contributed by atoms with Crippen LogP contribution in [0.5, 0.6) is 0 Å². The van der Waals surface area contributed by atoms with E-state index in [0.717, 1.165) is 17.7 Å². The minimum Gasteiger partial charge on any atom is -0.480 e. The van der Waals surface area contributed by atoms with Gasteiger partial charge in [0.1, 0.15) is 29.2 Å². The largest absolute Gasteiger partial charge is 0.480 e. The second kappa shape index (κ2) is 14.0. The maximum absolute atomic E-state index is 12.3. The van der Waals surface area contributed by atoms with E-state index in [1.54, 1.807) is 24.3 Å². The molecule has 2 aliphatic heterocycles. The highest BCUT2D eigenvalue weighted by atomic mass is 35.5. The molecule has 194 valence electrons. The lowest BCUT2D eigenvalue weighted by atomic mass is 10.0. The van der Waals surface area contributed by atoms with Crippen LogP contribution in [0.15, 0.2) is 41.1 Å². The van der Waals surface area contributed by atoms with Gasteiger partial charge in [0.15, 0.2) is 0 Å². The first-order chi connectivity index (χ1) is 16.1. The Labute approximate surface area is 211 Å². The summed E-state index contributed by atoms with van der Waals surface area (Å²) in [4.78, 5) is 47.0. The number of carboxylic acids is 2. The van der Waals surface area contributed by atoms with Crippen LogP contribution in [0.4, 0.5) is 0 Å². The number of β-lactam (4-membered cyclic amide) rings is 1. The second-order valence-corrected chi connectivity index (χ2v) is 9.13. The van der Waals surface area contributed by atoms with Crippen molar-refractivity contribution in [1.82, 2.24) is 10.2 Å². The van der Waals surface area contributed by atoms with E-state index in [0.29, 0.717) is 18.5 Å². The molecule has 1 unspecified atom stereocenters. The Morgan fingerprint density at radius 1 is 1.17 bits per heavy atom. The van der Waals surface area contributed by atoms with Crippen LogP contribution in [-0.2, 0) is 19.2 Å². The van der Waals surface area contributed by atoms with E-state index < -0.39 is 47.3 Å². The first-order valence-corrected chi connectivity index (χ1v) is 11.9. The van der Waals surface area contributed by atoms with Gasteiger partial charge in [-0.2, -0.15) is 0 Å². The highest BCUT2D eigenvalue weighted by molar-refractivity contribution is 8.00. The van der Waals surface area contributed by atoms with E-state index in [4.69, 9.17) is 33.9 Å². The fourth-order valence-electron chi connectivity index (χ4n) is 3.27. The summed E-state index contributed by atoms with van der Waals surface area (Å²) in [5.74, 6) is -2.91. The zero-order valence-corrected chi connectivity index (χ0v) is 20.3. The normalized spacial score (nSPS) is 20.2. The predicted octanol–water partition coefficient (Wildman–Crippen LogP) is -0.676. The molecule has 0 aliphatic carbocycles. The zero-order valence-electron chi connectivity index (χ0n) is 18.7. The fourth-order valence-corrected chi connectivity index (χ4v) is 4.82. The van der Waals surface area contributed by atoms with Crippen molar-refractivity contribution in [1.29, 1.82) is 0 Å². The molecule has 0 radical (unpaired) electrons. The summed E-state index contributed by atoms with van der Waals surface area (Å²) in [6.07, 6.45) is 2.16.